The third-order valence-corrected chi connectivity index (χ3v) is 5.19. The molecule has 3 aromatic carbocycles. The predicted molar refractivity (Wildman–Crippen MR) is 112 cm³/mol. The van der Waals surface area contributed by atoms with Crippen LogP contribution < -0.4 is 15.7 Å². The summed E-state index contributed by atoms with van der Waals surface area (Å²) in [6.07, 6.45) is -1.00. The molecule has 4 aromatic rings. The molecule has 0 unspecified atom stereocenters. The molecule has 0 fully saturated rings. The van der Waals surface area contributed by atoms with Crippen molar-refractivity contribution in [3.63, 3.8) is 0 Å². The van der Waals surface area contributed by atoms with Gasteiger partial charge in [-0.25, -0.2) is 4.79 Å². The molecule has 0 radical (unpaired) electrons. The Morgan fingerprint density at radius 1 is 0.933 bits per heavy atom. The average Bonchev–Trinajstić information content (AvgIpc) is 3.16. The van der Waals surface area contributed by atoms with Crippen molar-refractivity contribution >= 4 is 22.6 Å². The number of phenols is 1. The number of ether oxygens (including phenoxy) is 1. The normalized spacial score (nSPS) is 17.3. The lowest BCUT2D eigenvalue weighted by atomic mass is 9.88. The number of hydrogen-bond donors (Lipinski definition) is 2. The summed E-state index contributed by atoms with van der Waals surface area (Å²) >= 11 is 0. The Morgan fingerprint density at radius 3 is 2.50 bits per heavy atom. The molecule has 5 rings (SSSR count). The number of hydrogen-bond acceptors (Lipinski definition) is 5. The van der Waals surface area contributed by atoms with Gasteiger partial charge in [-0.1, -0.05) is 42.5 Å². The third kappa shape index (κ3) is 2.99. The Labute approximate surface area is 171 Å². The van der Waals surface area contributed by atoms with Crippen molar-refractivity contribution in [1.82, 2.24) is 0 Å². The molecule has 0 saturated carbocycles. The number of amides is 1. The standard InChI is InChI=1S/C24H17NO5/c26-16-10-6-7-14(13-16)19-20-21(17-11-4-5-12-18(17)29-24(20)28)30-22(19)23(27)25-15-8-2-1-3-9-15/h1-13,19,22,26H,(H,25,27)/t19-,22+/m1/s1. The molecule has 2 atom stereocenters. The molecule has 0 bridgehead atoms. The van der Waals surface area contributed by atoms with E-state index in [2.05, 4.69) is 5.32 Å². The van der Waals surface area contributed by atoms with Crippen molar-refractivity contribution in [2.75, 3.05) is 5.32 Å². The molecule has 2 heterocycles. The highest BCUT2D eigenvalue weighted by Crippen LogP contribution is 2.44. The van der Waals surface area contributed by atoms with E-state index in [0.717, 1.165) is 0 Å². The molecule has 0 saturated heterocycles. The fourth-order valence-electron chi connectivity index (χ4n) is 3.88. The van der Waals surface area contributed by atoms with Gasteiger partial charge in [0.15, 0.2) is 6.10 Å². The lowest BCUT2D eigenvalue weighted by Gasteiger charge is -2.19. The van der Waals surface area contributed by atoms with Crippen molar-refractivity contribution in [2.24, 2.45) is 0 Å². The zero-order valence-corrected chi connectivity index (χ0v) is 15.7. The van der Waals surface area contributed by atoms with Gasteiger partial charge in [0.1, 0.15) is 17.1 Å². The monoisotopic (exact) mass is 399 g/mol. The van der Waals surface area contributed by atoms with Crippen molar-refractivity contribution in [2.45, 2.75) is 12.0 Å². The zero-order chi connectivity index (χ0) is 20.7. The summed E-state index contributed by atoms with van der Waals surface area (Å²) in [5.41, 5.74) is 1.30. The number of phenolic OH excluding ortho intramolecular Hbond substituents is 1. The highest BCUT2D eigenvalue weighted by atomic mass is 16.5. The summed E-state index contributed by atoms with van der Waals surface area (Å²) in [6, 6.07) is 22.5. The van der Waals surface area contributed by atoms with E-state index in [1.54, 1.807) is 42.5 Å². The van der Waals surface area contributed by atoms with Crippen molar-refractivity contribution in [1.29, 1.82) is 0 Å². The van der Waals surface area contributed by atoms with Crippen LogP contribution in [-0.2, 0) is 4.79 Å². The first-order valence-corrected chi connectivity index (χ1v) is 9.49. The zero-order valence-electron chi connectivity index (χ0n) is 15.7. The lowest BCUT2D eigenvalue weighted by Crippen LogP contribution is -2.35. The molecule has 1 amide bonds. The van der Waals surface area contributed by atoms with Crippen LogP contribution in [-0.4, -0.2) is 17.1 Å². The minimum atomic E-state index is -1.00. The second kappa shape index (κ2) is 7.08. The second-order valence-corrected chi connectivity index (χ2v) is 7.09. The number of anilines is 1. The molecule has 30 heavy (non-hydrogen) atoms. The summed E-state index contributed by atoms with van der Waals surface area (Å²) in [7, 11) is 0. The first-order chi connectivity index (χ1) is 14.6. The molecule has 6 heteroatoms. The first-order valence-electron chi connectivity index (χ1n) is 9.49. The van der Waals surface area contributed by atoms with Crippen LogP contribution >= 0.6 is 0 Å². The van der Waals surface area contributed by atoms with Gasteiger partial charge in [-0.2, -0.15) is 0 Å². The number of para-hydroxylation sites is 2. The number of carbonyl (C=O) groups excluding carboxylic acids is 1. The molecule has 1 aliphatic rings. The molecule has 6 nitrogen and oxygen atoms in total. The van der Waals surface area contributed by atoms with Gasteiger partial charge in [-0.05, 0) is 42.0 Å². The maximum Gasteiger partial charge on any atom is 0.344 e. The van der Waals surface area contributed by atoms with Gasteiger partial charge >= 0.3 is 5.63 Å². The Hall–Kier alpha value is -4.06. The summed E-state index contributed by atoms with van der Waals surface area (Å²) in [5.74, 6) is -0.748. The highest BCUT2D eigenvalue weighted by Gasteiger charge is 2.44. The highest BCUT2D eigenvalue weighted by molar-refractivity contribution is 5.97. The van der Waals surface area contributed by atoms with Crippen LogP contribution in [0.4, 0.5) is 5.69 Å². The quantitative estimate of drug-likeness (QED) is 0.508. The number of aromatic hydroxyl groups is 1. The molecule has 0 spiro atoms. The maximum absolute atomic E-state index is 13.2. The maximum atomic E-state index is 13.2. The van der Waals surface area contributed by atoms with E-state index in [9.17, 15) is 14.7 Å². The molecule has 0 aliphatic carbocycles. The Balaban J connectivity index is 1.66. The summed E-state index contributed by atoms with van der Waals surface area (Å²) < 4.78 is 11.6. The molecule has 2 N–H and O–H groups in total. The Kier molecular flexibility index (Phi) is 4.25. The number of benzene rings is 3. The van der Waals surface area contributed by atoms with Gasteiger partial charge in [-0.3, -0.25) is 4.79 Å². The van der Waals surface area contributed by atoms with E-state index in [4.69, 9.17) is 9.15 Å². The van der Waals surface area contributed by atoms with Crippen LogP contribution in [0.1, 0.15) is 17.0 Å². The summed E-state index contributed by atoms with van der Waals surface area (Å²) in [5, 5.41) is 13.4. The Bertz CT molecular complexity index is 1310. The number of fused-ring (bicyclic) bond motifs is 3. The van der Waals surface area contributed by atoms with Crippen LogP contribution in [0.5, 0.6) is 11.5 Å². The van der Waals surface area contributed by atoms with Gasteiger partial charge in [0.05, 0.1) is 16.9 Å². The van der Waals surface area contributed by atoms with Crippen molar-refractivity contribution < 1.29 is 19.1 Å². The van der Waals surface area contributed by atoms with Gasteiger partial charge in [0, 0.05) is 5.69 Å². The summed E-state index contributed by atoms with van der Waals surface area (Å²) in [4.78, 5) is 26.0. The first kappa shape index (κ1) is 18.0. The van der Waals surface area contributed by atoms with Crippen LogP contribution in [0.25, 0.3) is 11.0 Å². The van der Waals surface area contributed by atoms with Crippen LogP contribution in [0.3, 0.4) is 0 Å². The average molecular weight is 399 g/mol. The molecular formula is C24H17NO5. The summed E-state index contributed by atoms with van der Waals surface area (Å²) in [6.45, 7) is 0. The van der Waals surface area contributed by atoms with Crippen molar-refractivity contribution in [3.8, 4) is 11.5 Å². The van der Waals surface area contributed by atoms with Gasteiger partial charge in [-0.15, -0.1) is 0 Å². The molecule has 1 aliphatic heterocycles. The predicted octanol–water partition coefficient (Wildman–Crippen LogP) is 4.03. The lowest BCUT2D eigenvalue weighted by molar-refractivity contribution is -0.122. The van der Waals surface area contributed by atoms with Gasteiger partial charge < -0.3 is 19.6 Å². The number of rotatable bonds is 3. The van der Waals surface area contributed by atoms with E-state index in [1.807, 2.05) is 24.3 Å². The Morgan fingerprint density at radius 2 is 1.70 bits per heavy atom. The van der Waals surface area contributed by atoms with Crippen LogP contribution in [0.15, 0.2) is 88.1 Å². The number of nitrogens with one attached hydrogen (secondary N) is 1. The van der Waals surface area contributed by atoms with E-state index in [0.29, 0.717) is 28.0 Å². The third-order valence-electron chi connectivity index (χ3n) is 5.19. The van der Waals surface area contributed by atoms with Crippen molar-refractivity contribution in [3.05, 3.63) is 100 Å². The second-order valence-electron chi connectivity index (χ2n) is 7.09. The van der Waals surface area contributed by atoms with Crippen LogP contribution in [0, 0.1) is 0 Å². The molecular weight excluding hydrogens is 382 g/mol. The minimum absolute atomic E-state index is 0.0355. The van der Waals surface area contributed by atoms with E-state index in [-0.39, 0.29) is 11.3 Å². The molecule has 148 valence electrons. The van der Waals surface area contributed by atoms with E-state index < -0.39 is 23.6 Å². The fraction of sp³-hybridized carbons (Fsp3) is 0.0833. The number of carbonyl (C=O) groups is 1. The largest absolute Gasteiger partial charge is 0.508 e. The van der Waals surface area contributed by atoms with E-state index >= 15 is 0 Å². The SMILES string of the molecule is O=C(Nc1ccccc1)[C@H]1Oc2c(c(=O)oc3ccccc23)[C@H]1c1cccc(O)c1. The van der Waals surface area contributed by atoms with E-state index in [1.165, 1.54) is 12.1 Å². The fourth-order valence-corrected chi connectivity index (χ4v) is 3.88. The smallest absolute Gasteiger partial charge is 0.344 e. The topological polar surface area (TPSA) is 88.8 Å². The molecule has 1 aromatic heterocycles. The van der Waals surface area contributed by atoms with Gasteiger partial charge in [0.25, 0.3) is 5.91 Å². The van der Waals surface area contributed by atoms with Gasteiger partial charge in [0.2, 0.25) is 0 Å². The van der Waals surface area contributed by atoms with Crippen LogP contribution in [0.2, 0.25) is 0 Å². The minimum Gasteiger partial charge on any atom is -0.508 e.